The molecule has 0 aliphatic carbocycles. The van der Waals surface area contributed by atoms with Crippen LogP contribution >= 0.6 is 0 Å². The summed E-state index contributed by atoms with van der Waals surface area (Å²) < 4.78 is 39.6. The average molecular weight is 495 g/mol. The standard InChI is InChI=1S/C23H30N2O8S/c1-4-5-13-30-18-11-9-17(10-12-18)25-16-19(32-22(25)27)15-23(2,34(3,28)29)21(26)24-33-20-8-6-7-14-31-20/h9-12,19-20H,6-8,13-16H2,1-3H3,(H,24,26)/t19-,20?,23?/m0/s1. The molecule has 0 radical (unpaired) electrons. The van der Waals surface area contributed by atoms with Gasteiger partial charge in [0.25, 0.3) is 5.91 Å². The molecule has 0 spiro atoms. The number of cyclic esters (lactones) is 1. The summed E-state index contributed by atoms with van der Waals surface area (Å²) in [5.41, 5.74) is 2.79. The largest absolute Gasteiger partial charge is 0.481 e. The number of ether oxygens (including phenoxy) is 3. The highest BCUT2D eigenvalue weighted by atomic mass is 32.2. The Morgan fingerprint density at radius 2 is 2.03 bits per heavy atom. The summed E-state index contributed by atoms with van der Waals surface area (Å²) in [5.74, 6) is 5.29. The predicted octanol–water partition coefficient (Wildman–Crippen LogP) is 2.18. The third kappa shape index (κ3) is 6.20. The molecular weight excluding hydrogens is 464 g/mol. The minimum atomic E-state index is -3.89. The fraction of sp³-hybridized carbons (Fsp3) is 0.565. The van der Waals surface area contributed by atoms with Crippen molar-refractivity contribution >= 4 is 27.5 Å². The molecule has 1 aromatic carbocycles. The molecule has 2 amide bonds. The van der Waals surface area contributed by atoms with Gasteiger partial charge in [-0.25, -0.2) is 23.5 Å². The van der Waals surface area contributed by atoms with Crippen molar-refractivity contribution in [1.29, 1.82) is 0 Å². The lowest BCUT2D eigenvalue weighted by atomic mass is 10.0. The summed E-state index contributed by atoms with van der Waals surface area (Å²) >= 11 is 0. The van der Waals surface area contributed by atoms with Gasteiger partial charge in [0, 0.05) is 31.4 Å². The van der Waals surface area contributed by atoms with Crippen LogP contribution in [0.15, 0.2) is 24.3 Å². The van der Waals surface area contributed by atoms with Crippen LogP contribution in [0, 0.1) is 11.8 Å². The summed E-state index contributed by atoms with van der Waals surface area (Å²) in [4.78, 5) is 32.0. The number of hydrogen-bond acceptors (Lipinski definition) is 8. The number of hydrogen-bond donors (Lipinski definition) is 1. The number of benzene rings is 1. The third-order valence-corrected chi connectivity index (χ3v) is 7.84. The van der Waals surface area contributed by atoms with E-state index in [4.69, 9.17) is 19.0 Å². The lowest BCUT2D eigenvalue weighted by molar-refractivity contribution is -0.201. The fourth-order valence-electron chi connectivity index (χ4n) is 3.63. The number of sulfone groups is 1. The van der Waals surface area contributed by atoms with Crippen molar-refractivity contribution in [3.05, 3.63) is 24.3 Å². The van der Waals surface area contributed by atoms with Gasteiger partial charge in [0.1, 0.15) is 18.5 Å². The van der Waals surface area contributed by atoms with Crippen LogP contribution in [0.5, 0.6) is 5.75 Å². The number of carbonyl (C=O) groups is 2. The second-order valence-electron chi connectivity index (χ2n) is 8.38. The molecule has 2 aliphatic rings. The first-order valence-electron chi connectivity index (χ1n) is 11.0. The number of hydroxylamine groups is 1. The van der Waals surface area contributed by atoms with E-state index in [1.165, 1.54) is 11.8 Å². The van der Waals surface area contributed by atoms with Crippen LogP contribution in [0.2, 0.25) is 0 Å². The van der Waals surface area contributed by atoms with Crippen molar-refractivity contribution in [2.75, 3.05) is 30.9 Å². The van der Waals surface area contributed by atoms with Crippen molar-refractivity contribution in [1.82, 2.24) is 5.48 Å². The van der Waals surface area contributed by atoms with E-state index in [0.29, 0.717) is 24.5 Å². The van der Waals surface area contributed by atoms with Crippen LogP contribution in [-0.4, -0.2) is 63.6 Å². The highest BCUT2D eigenvalue weighted by Crippen LogP contribution is 2.31. The van der Waals surface area contributed by atoms with Crippen molar-refractivity contribution in [2.45, 2.75) is 56.7 Å². The van der Waals surface area contributed by atoms with Crippen molar-refractivity contribution in [3.63, 3.8) is 0 Å². The van der Waals surface area contributed by atoms with Gasteiger partial charge in [-0.15, -0.1) is 5.92 Å². The number of amides is 2. The molecule has 1 N–H and O–H groups in total. The molecule has 2 aliphatic heterocycles. The number of anilines is 1. The number of rotatable bonds is 9. The molecule has 3 rings (SSSR count). The van der Waals surface area contributed by atoms with Gasteiger partial charge >= 0.3 is 6.09 Å². The van der Waals surface area contributed by atoms with E-state index in [9.17, 15) is 18.0 Å². The maximum atomic E-state index is 12.9. The van der Waals surface area contributed by atoms with Gasteiger partial charge in [0.05, 0.1) is 6.54 Å². The van der Waals surface area contributed by atoms with Crippen LogP contribution in [0.25, 0.3) is 0 Å². The van der Waals surface area contributed by atoms with Gasteiger partial charge < -0.3 is 14.2 Å². The Kier molecular flexibility index (Phi) is 8.41. The van der Waals surface area contributed by atoms with Crippen LogP contribution < -0.4 is 15.1 Å². The SMILES string of the molecule is CC#CCOc1ccc(N2C[C@H](CC(C)(C(=O)NOC3CCCCO3)S(C)(=O)=O)OC2=O)cc1. The summed E-state index contributed by atoms with van der Waals surface area (Å²) in [6.45, 7) is 3.87. The molecular formula is C23H30N2O8S. The van der Waals surface area contributed by atoms with Crippen LogP contribution in [0.4, 0.5) is 10.5 Å². The van der Waals surface area contributed by atoms with Crippen molar-refractivity contribution in [2.24, 2.45) is 0 Å². The molecule has 0 aromatic heterocycles. The Bertz CT molecular complexity index is 1040. The fourth-order valence-corrected chi connectivity index (χ4v) is 4.50. The van der Waals surface area contributed by atoms with Crippen molar-refractivity contribution in [3.8, 4) is 17.6 Å². The number of nitrogens with zero attached hydrogens (tertiary/aromatic N) is 1. The first-order valence-corrected chi connectivity index (χ1v) is 12.9. The molecule has 34 heavy (non-hydrogen) atoms. The van der Waals surface area contributed by atoms with Gasteiger partial charge in [-0.2, -0.15) is 0 Å². The molecule has 10 nitrogen and oxygen atoms in total. The minimum Gasteiger partial charge on any atom is -0.481 e. The molecule has 2 saturated heterocycles. The van der Waals surface area contributed by atoms with Gasteiger partial charge in [0.15, 0.2) is 20.9 Å². The molecule has 186 valence electrons. The monoisotopic (exact) mass is 494 g/mol. The third-order valence-electron chi connectivity index (χ3n) is 5.85. The number of nitrogens with one attached hydrogen (secondary N) is 1. The van der Waals surface area contributed by atoms with Crippen LogP contribution in [0.1, 0.15) is 39.5 Å². The smallest absolute Gasteiger partial charge is 0.414 e. The second-order valence-corrected chi connectivity index (χ2v) is 10.8. The van der Waals surface area contributed by atoms with E-state index in [2.05, 4.69) is 17.3 Å². The van der Waals surface area contributed by atoms with E-state index in [0.717, 1.165) is 19.1 Å². The molecule has 3 atom stereocenters. The second kappa shape index (κ2) is 11.1. The molecule has 2 heterocycles. The topological polar surface area (TPSA) is 120 Å². The van der Waals surface area contributed by atoms with Gasteiger partial charge in [0.2, 0.25) is 0 Å². The zero-order chi connectivity index (χ0) is 24.8. The van der Waals surface area contributed by atoms with E-state index in [1.807, 2.05) is 0 Å². The molecule has 0 bridgehead atoms. The van der Waals surface area contributed by atoms with E-state index >= 15 is 0 Å². The summed E-state index contributed by atoms with van der Waals surface area (Å²) in [6, 6.07) is 6.79. The summed E-state index contributed by atoms with van der Waals surface area (Å²) in [6.07, 6.45) is 1.06. The van der Waals surface area contributed by atoms with Crippen LogP contribution in [-0.2, 0) is 28.9 Å². The molecule has 11 heteroatoms. The minimum absolute atomic E-state index is 0.0886. The molecule has 0 saturated carbocycles. The lowest BCUT2D eigenvalue weighted by Crippen LogP contribution is -2.53. The Labute approximate surface area is 199 Å². The average Bonchev–Trinajstić information content (AvgIpc) is 3.17. The van der Waals surface area contributed by atoms with Crippen LogP contribution in [0.3, 0.4) is 0 Å². The van der Waals surface area contributed by atoms with E-state index in [-0.39, 0.29) is 19.6 Å². The quantitative estimate of drug-likeness (QED) is 0.410. The lowest BCUT2D eigenvalue weighted by Gasteiger charge is -2.29. The Morgan fingerprint density at radius 3 is 2.65 bits per heavy atom. The molecule has 1 aromatic rings. The Morgan fingerprint density at radius 1 is 1.29 bits per heavy atom. The highest BCUT2D eigenvalue weighted by molar-refractivity contribution is 7.92. The maximum Gasteiger partial charge on any atom is 0.414 e. The zero-order valence-electron chi connectivity index (χ0n) is 19.5. The van der Waals surface area contributed by atoms with E-state index in [1.54, 1.807) is 31.2 Å². The van der Waals surface area contributed by atoms with Gasteiger partial charge in [-0.3, -0.25) is 9.69 Å². The normalized spacial score (nSPS) is 22.2. The number of carbonyl (C=O) groups excluding carboxylic acids is 2. The van der Waals surface area contributed by atoms with Crippen molar-refractivity contribution < 1.29 is 37.1 Å². The van der Waals surface area contributed by atoms with Gasteiger partial charge in [-0.1, -0.05) is 5.92 Å². The first kappa shape index (κ1) is 25.8. The Hall–Kier alpha value is -2.81. The summed E-state index contributed by atoms with van der Waals surface area (Å²) in [5, 5.41) is 0. The van der Waals surface area contributed by atoms with E-state index < -0.39 is 39.0 Å². The molecule has 2 fully saturated rings. The highest BCUT2D eigenvalue weighted by Gasteiger charge is 2.48. The van der Waals surface area contributed by atoms with Gasteiger partial charge in [-0.05, 0) is 51.0 Å². The molecule has 2 unspecified atom stereocenters. The first-order chi connectivity index (χ1) is 16.1. The summed E-state index contributed by atoms with van der Waals surface area (Å²) in [7, 11) is -3.89. The zero-order valence-corrected chi connectivity index (χ0v) is 20.4. The Balaban J connectivity index is 1.65. The maximum absolute atomic E-state index is 12.9. The predicted molar refractivity (Wildman–Crippen MR) is 124 cm³/mol.